The van der Waals surface area contributed by atoms with Gasteiger partial charge in [0.25, 0.3) is 0 Å². The molecule has 21 heavy (non-hydrogen) atoms. The SMILES string of the molecule is Cc1ccc(F)c(C2CCNCC2c2ccc(F)cc2)c1. The van der Waals surface area contributed by atoms with Crippen LogP contribution in [0.3, 0.4) is 0 Å². The summed E-state index contributed by atoms with van der Waals surface area (Å²) in [5.74, 6) is -0.0623. The Hall–Kier alpha value is -1.74. The highest BCUT2D eigenvalue weighted by Gasteiger charge is 2.29. The van der Waals surface area contributed by atoms with Crippen molar-refractivity contribution in [3.63, 3.8) is 0 Å². The summed E-state index contributed by atoms with van der Waals surface area (Å²) in [6.07, 6.45) is 0.891. The third-order valence-corrected chi connectivity index (χ3v) is 4.33. The van der Waals surface area contributed by atoms with Crippen LogP contribution in [0.2, 0.25) is 0 Å². The summed E-state index contributed by atoms with van der Waals surface area (Å²) in [5, 5.41) is 3.37. The number of hydrogen-bond acceptors (Lipinski definition) is 1. The van der Waals surface area contributed by atoms with Crippen molar-refractivity contribution in [1.82, 2.24) is 5.32 Å². The molecule has 3 heteroatoms. The average molecular weight is 287 g/mol. The van der Waals surface area contributed by atoms with Gasteiger partial charge in [0.2, 0.25) is 0 Å². The summed E-state index contributed by atoms with van der Waals surface area (Å²) in [4.78, 5) is 0. The lowest BCUT2D eigenvalue weighted by atomic mass is 9.77. The van der Waals surface area contributed by atoms with E-state index in [9.17, 15) is 8.78 Å². The Labute approximate surface area is 124 Å². The van der Waals surface area contributed by atoms with E-state index in [4.69, 9.17) is 0 Å². The van der Waals surface area contributed by atoms with Crippen molar-refractivity contribution < 1.29 is 8.78 Å². The molecule has 0 radical (unpaired) electrons. The van der Waals surface area contributed by atoms with E-state index >= 15 is 0 Å². The van der Waals surface area contributed by atoms with Crippen molar-refractivity contribution in [3.05, 3.63) is 70.8 Å². The van der Waals surface area contributed by atoms with Crippen LogP contribution < -0.4 is 5.32 Å². The number of benzene rings is 2. The Bertz CT molecular complexity index is 622. The van der Waals surface area contributed by atoms with Crippen molar-refractivity contribution in [2.75, 3.05) is 13.1 Å². The molecule has 1 heterocycles. The number of aryl methyl sites for hydroxylation is 1. The average Bonchev–Trinajstić information content (AvgIpc) is 2.51. The summed E-state index contributed by atoms with van der Waals surface area (Å²) < 4.78 is 27.3. The Kier molecular flexibility index (Phi) is 4.02. The lowest BCUT2D eigenvalue weighted by Crippen LogP contribution is -2.34. The first-order valence-corrected chi connectivity index (χ1v) is 7.37. The molecule has 0 amide bonds. The Morgan fingerprint density at radius 2 is 1.76 bits per heavy atom. The van der Waals surface area contributed by atoms with Crippen LogP contribution in [0.5, 0.6) is 0 Å². The fourth-order valence-corrected chi connectivity index (χ4v) is 3.24. The zero-order valence-corrected chi connectivity index (χ0v) is 12.1. The molecule has 1 N–H and O–H groups in total. The zero-order chi connectivity index (χ0) is 14.8. The quantitative estimate of drug-likeness (QED) is 0.875. The molecule has 1 nitrogen and oxygen atoms in total. The topological polar surface area (TPSA) is 12.0 Å². The predicted octanol–water partition coefficient (Wildman–Crippen LogP) is 4.13. The predicted molar refractivity (Wildman–Crippen MR) is 80.5 cm³/mol. The van der Waals surface area contributed by atoms with Gasteiger partial charge < -0.3 is 5.32 Å². The molecule has 2 aromatic carbocycles. The minimum absolute atomic E-state index is 0.136. The smallest absolute Gasteiger partial charge is 0.126 e. The molecule has 1 saturated heterocycles. The minimum atomic E-state index is -0.235. The van der Waals surface area contributed by atoms with Gasteiger partial charge >= 0.3 is 0 Å². The van der Waals surface area contributed by atoms with Crippen LogP contribution in [0.4, 0.5) is 8.78 Å². The van der Waals surface area contributed by atoms with Gasteiger partial charge in [-0.05, 0) is 55.1 Å². The van der Waals surface area contributed by atoms with Gasteiger partial charge in [-0.2, -0.15) is 0 Å². The fourth-order valence-electron chi connectivity index (χ4n) is 3.24. The third-order valence-electron chi connectivity index (χ3n) is 4.33. The minimum Gasteiger partial charge on any atom is -0.316 e. The van der Waals surface area contributed by atoms with E-state index in [-0.39, 0.29) is 23.5 Å². The van der Waals surface area contributed by atoms with Crippen LogP contribution in [0.15, 0.2) is 42.5 Å². The molecule has 2 aromatic rings. The Balaban J connectivity index is 1.98. The van der Waals surface area contributed by atoms with Crippen molar-refractivity contribution in [1.29, 1.82) is 0 Å². The number of piperidine rings is 1. The Morgan fingerprint density at radius 1 is 1.00 bits per heavy atom. The monoisotopic (exact) mass is 287 g/mol. The summed E-state index contributed by atoms with van der Waals surface area (Å²) in [5.41, 5.74) is 2.92. The van der Waals surface area contributed by atoms with Crippen LogP contribution in [0.25, 0.3) is 0 Å². The molecule has 1 aliphatic heterocycles. The molecule has 0 aliphatic carbocycles. The summed E-state index contributed by atoms with van der Waals surface area (Å²) in [6, 6.07) is 11.9. The second kappa shape index (κ2) is 5.94. The number of rotatable bonds is 2. The zero-order valence-electron chi connectivity index (χ0n) is 12.1. The number of nitrogens with one attached hydrogen (secondary N) is 1. The van der Waals surface area contributed by atoms with Crippen LogP contribution in [0, 0.1) is 18.6 Å². The van der Waals surface area contributed by atoms with E-state index in [0.717, 1.165) is 36.2 Å². The van der Waals surface area contributed by atoms with E-state index < -0.39 is 0 Å². The first-order chi connectivity index (χ1) is 10.1. The van der Waals surface area contributed by atoms with E-state index in [1.54, 1.807) is 12.1 Å². The van der Waals surface area contributed by atoms with E-state index in [2.05, 4.69) is 5.32 Å². The normalized spacial score (nSPS) is 22.2. The number of hydrogen-bond donors (Lipinski definition) is 1. The third kappa shape index (κ3) is 2.98. The van der Waals surface area contributed by atoms with Gasteiger partial charge in [-0.3, -0.25) is 0 Å². The molecule has 1 fully saturated rings. The van der Waals surface area contributed by atoms with Gasteiger partial charge in [-0.15, -0.1) is 0 Å². The van der Waals surface area contributed by atoms with E-state index in [0.29, 0.717) is 0 Å². The fraction of sp³-hybridized carbons (Fsp3) is 0.333. The van der Waals surface area contributed by atoms with Crippen LogP contribution in [-0.4, -0.2) is 13.1 Å². The van der Waals surface area contributed by atoms with Crippen LogP contribution in [-0.2, 0) is 0 Å². The first-order valence-electron chi connectivity index (χ1n) is 7.37. The highest BCUT2D eigenvalue weighted by molar-refractivity contribution is 5.33. The highest BCUT2D eigenvalue weighted by atomic mass is 19.1. The molecule has 110 valence electrons. The molecular formula is C18H19F2N. The Morgan fingerprint density at radius 3 is 2.52 bits per heavy atom. The van der Waals surface area contributed by atoms with Crippen molar-refractivity contribution in [2.24, 2.45) is 0 Å². The van der Waals surface area contributed by atoms with Gasteiger partial charge in [-0.25, -0.2) is 8.78 Å². The summed E-state index contributed by atoms with van der Waals surface area (Å²) >= 11 is 0. The van der Waals surface area contributed by atoms with Crippen molar-refractivity contribution in [2.45, 2.75) is 25.2 Å². The maximum Gasteiger partial charge on any atom is 0.126 e. The summed E-state index contributed by atoms with van der Waals surface area (Å²) in [6.45, 7) is 3.66. The van der Waals surface area contributed by atoms with Crippen molar-refractivity contribution in [3.8, 4) is 0 Å². The summed E-state index contributed by atoms with van der Waals surface area (Å²) in [7, 11) is 0. The maximum absolute atomic E-state index is 14.2. The van der Waals surface area contributed by atoms with E-state index in [1.807, 2.05) is 25.1 Å². The van der Waals surface area contributed by atoms with Gasteiger partial charge in [0.15, 0.2) is 0 Å². The van der Waals surface area contributed by atoms with Gasteiger partial charge in [0, 0.05) is 12.5 Å². The highest BCUT2D eigenvalue weighted by Crippen LogP contribution is 2.38. The molecule has 2 unspecified atom stereocenters. The molecule has 0 saturated carbocycles. The second-order valence-electron chi connectivity index (χ2n) is 5.78. The molecule has 0 bridgehead atoms. The largest absolute Gasteiger partial charge is 0.316 e. The van der Waals surface area contributed by atoms with Gasteiger partial charge in [-0.1, -0.05) is 29.8 Å². The molecular weight excluding hydrogens is 268 g/mol. The lowest BCUT2D eigenvalue weighted by Gasteiger charge is -2.33. The van der Waals surface area contributed by atoms with E-state index in [1.165, 1.54) is 12.1 Å². The van der Waals surface area contributed by atoms with Gasteiger partial charge in [0.05, 0.1) is 0 Å². The maximum atomic E-state index is 14.2. The van der Waals surface area contributed by atoms with Crippen LogP contribution in [0.1, 0.15) is 34.9 Å². The standard InChI is InChI=1S/C18H19F2N/c1-12-2-7-18(20)16(10-12)15-8-9-21-11-17(15)13-3-5-14(19)6-4-13/h2-7,10,15,17,21H,8-9,11H2,1H3. The molecule has 0 spiro atoms. The second-order valence-corrected chi connectivity index (χ2v) is 5.78. The molecule has 2 atom stereocenters. The lowest BCUT2D eigenvalue weighted by molar-refractivity contribution is 0.393. The first kappa shape index (κ1) is 14.2. The van der Waals surface area contributed by atoms with Gasteiger partial charge in [0.1, 0.15) is 11.6 Å². The molecule has 3 rings (SSSR count). The number of halogens is 2. The molecule has 0 aromatic heterocycles. The molecule has 1 aliphatic rings. The van der Waals surface area contributed by atoms with Crippen LogP contribution >= 0.6 is 0 Å². The van der Waals surface area contributed by atoms with Crippen molar-refractivity contribution >= 4 is 0 Å².